The predicted octanol–water partition coefficient (Wildman–Crippen LogP) is 4.48. The van der Waals surface area contributed by atoms with E-state index in [1.54, 1.807) is 30.8 Å². The Morgan fingerprint density at radius 3 is 2.65 bits per heavy atom. The van der Waals surface area contributed by atoms with E-state index in [1.165, 1.54) is 0 Å². The second-order valence-corrected chi connectivity index (χ2v) is 6.61. The minimum Gasteiger partial charge on any atom is -0.383 e. The number of fused-ring (bicyclic) bond motifs is 1. The first-order valence-electron chi connectivity index (χ1n) is 8.34. The molecule has 0 atom stereocenters. The van der Waals surface area contributed by atoms with Crippen molar-refractivity contribution in [2.24, 2.45) is 0 Å². The van der Waals surface area contributed by atoms with Crippen molar-refractivity contribution in [1.29, 1.82) is 0 Å². The third-order valence-corrected chi connectivity index (χ3v) is 4.91. The molecule has 0 aliphatic carbocycles. The molecule has 0 saturated heterocycles. The zero-order chi connectivity index (χ0) is 17.8. The number of aromatic nitrogens is 3. The first-order valence-corrected chi connectivity index (χ1v) is 9.22. The first-order chi connectivity index (χ1) is 12.9. The van der Waals surface area contributed by atoms with E-state index in [0.29, 0.717) is 19.0 Å². The van der Waals surface area contributed by atoms with Gasteiger partial charge >= 0.3 is 0 Å². The van der Waals surface area contributed by atoms with Crippen LogP contribution in [0.25, 0.3) is 32.7 Å². The van der Waals surface area contributed by atoms with Gasteiger partial charge in [0, 0.05) is 42.6 Å². The van der Waals surface area contributed by atoms with Crippen LogP contribution >= 0.6 is 11.3 Å². The summed E-state index contributed by atoms with van der Waals surface area (Å²) in [5.74, 6) is 1.50. The molecule has 3 aromatic heterocycles. The third kappa shape index (κ3) is 3.29. The highest BCUT2D eigenvalue weighted by Gasteiger charge is 2.16. The number of rotatable bonds is 6. The number of methoxy groups -OCH3 is 1. The summed E-state index contributed by atoms with van der Waals surface area (Å²) in [6, 6.07) is 14.2. The zero-order valence-corrected chi connectivity index (χ0v) is 15.2. The van der Waals surface area contributed by atoms with Gasteiger partial charge in [-0.3, -0.25) is 4.98 Å². The zero-order valence-electron chi connectivity index (χ0n) is 14.3. The van der Waals surface area contributed by atoms with E-state index in [2.05, 4.69) is 27.8 Å². The van der Waals surface area contributed by atoms with E-state index in [4.69, 9.17) is 14.7 Å². The second kappa shape index (κ2) is 7.59. The molecule has 1 aromatic carbocycles. The standard InChI is InChI=1S/C20H18N4OS/c1-25-11-10-22-19-17-16(14-6-3-2-4-7-14)13-26-20(17)24-18(23-19)15-8-5-9-21-12-15/h2-9,12-13H,10-11H2,1H3,(H,22,23,24). The molecule has 0 fully saturated rings. The van der Waals surface area contributed by atoms with Gasteiger partial charge in [0.25, 0.3) is 0 Å². The van der Waals surface area contributed by atoms with Gasteiger partial charge in [-0.25, -0.2) is 9.97 Å². The number of thiophene rings is 1. The third-order valence-electron chi connectivity index (χ3n) is 4.04. The van der Waals surface area contributed by atoms with Gasteiger partial charge in [-0.1, -0.05) is 30.3 Å². The number of ether oxygens (including phenoxy) is 1. The molecule has 6 heteroatoms. The van der Waals surface area contributed by atoms with Crippen molar-refractivity contribution in [2.75, 3.05) is 25.6 Å². The van der Waals surface area contributed by atoms with Crippen LogP contribution in [0.4, 0.5) is 5.82 Å². The molecule has 0 bridgehead atoms. The Labute approximate surface area is 155 Å². The van der Waals surface area contributed by atoms with E-state index < -0.39 is 0 Å². The number of nitrogens with zero attached hydrogens (tertiary/aromatic N) is 3. The molecule has 0 radical (unpaired) electrons. The van der Waals surface area contributed by atoms with E-state index in [0.717, 1.165) is 32.7 Å². The highest BCUT2D eigenvalue weighted by molar-refractivity contribution is 7.17. The van der Waals surface area contributed by atoms with E-state index in [9.17, 15) is 0 Å². The van der Waals surface area contributed by atoms with Gasteiger partial charge in [0.2, 0.25) is 0 Å². The van der Waals surface area contributed by atoms with Crippen molar-refractivity contribution in [1.82, 2.24) is 15.0 Å². The molecule has 5 nitrogen and oxygen atoms in total. The maximum Gasteiger partial charge on any atom is 0.164 e. The van der Waals surface area contributed by atoms with Crippen LogP contribution in [0.15, 0.2) is 60.2 Å². The van der Waals surface area contributed by atoms with E-state index in [-0.39, 0.29) is 0 Å². The summed E-state index contributed by atoms with van der Waals surface area (Å²) in [5.41, 5.74) is 3.20. The molecule has 4 rings (SSSR count). The maximum absolute atomic E-state index is 5.17. The minimum absolute atomic E-state index is 0.610. The normalized spacial score (nSPS) is 11.0. The van der Waals surface area contributed by atoms with Gasteiger partial charge < -0.3 is 10.1 Å². The fraction of sp³-hybridized carbons (Fsp3) is 0.150. The van der Waals surface area contributed by atoms with Crippen molar-refractivity contribution in [3.8, 4) is 22.5 Å². The average molecular weight is 362 g/mol. The van der Waals surface area contributed by atoms with Gasteiger partial charge in [-0.2, -0.15) is 0 Å². The van der Waals surface area contributed by atoms with Crippen molar-refractivity contribution in [3.63, 3.8) is 0 Å². The van der Waals surface area contributed by atoms with Crippen LogP contribution in [-0.2, 0) is 4.74 Å². The molecule has 3 heterocycles. The predicted molar refractivity (Wildman–Crippen MR) is 106 cm³/mol. The highest BCUT2D eigenvalue weighted by atomic mass is 32.1. The number of anilines is 1. The molecule has 1 N–H and O–H groups in total. The molecule has 0 unspecified atom stereocenters. The second-order valence-electron chi connectivity index (χ2n) is 5.75. The highest BCUT2D eigenvalue weighted by Crippen LogP contribution is 2.37. The summed E-state index contributed by atoms with van der Waals surface area (Å²) in [6.45, 7) is 1.29. The Balaban J connectivity index is 1.86. The van der Waals surface area contributed by atoms with Gasteiger partial charge in [0.1, 0.15) is 10.6 Å². The summed E-state index contributed by atoms with van der Waals surface area (Å²) in [4.78, 5) is 14.7. The molecule has 0 saturated carbocycles. The fourth-order valence-corrected chi connectivity index (χ4v) is 3.74. The summed E-state index contributed by atoms with van der Waals surface area (Å²) in [6.07, 6.45) is 3.53. The molecule has 26 heavy (non-hydrogen) atoms. The number of pyridine rings is 1. The SMILES string of the molecule is COCCNc1nc(-c2cccnc2)nc2scc(-c3ccccc3)c12. The fourth-order valence-electron chi connectivity index (χ4n) is 2.80. The average Bonchev–Trinajstić information content (AvgIpc) is 3.14. The monoisotopic (exact) mass is 362 g/mol. The summed E-state index contributed by atoms with van der Waals surface area (Å²) < 4.78 is 5.17. The lowest BCUT2D eigenvalue weighted by molar-refractivity contribution is 0.210. The van der Waals surface area contributed by atoms with Crippen LogP contribution in [0.3, 0.4) is 0 Å². The lowest BCUT2D eigenvalue weighted by Crippen LogP contribution is -2.10. The first kappa shape index (κ1) is 16.6. The lowest BCUT2D eigenvalue weighted by Gasteiger charge is -2.10. The molecule has 130 valence electrons. The number of hydrogen-bond acceptors (Lipinski definition) is 6. The van der Waals surface area contributed by atoms with E-state index in [1.807, 2.05) is 30.3 Å². The Morgan fingerprint density at radius 1 is 1.04 bits per heavy atom. The molecule has 0 aliphatic rings. The summed E-state index contributed by atoms with van der Waals surface area (Å²) >= 11 is 1.63. The van der Waals surface area contributed by atoms with Crippen LogP contribution < -0.4 is 5.32 Å². The summed E-state index contributed by atoms with van der Waals surface area (Å²) in [7, 11) is 1.69. The Morgan fingerprint density at radius 2 is 1.88 bits per heavy atom. The summed E-state index contributed by atoms with van der Waals surface area (Å²) in [5, 5.41) is 6.59. The maximum atomic E-state index is 5.17. The number of benzene rings is 1. The van der Waals surface area contributed by atoms with Crippen LogP contribution in [0.2, 0.25) is 0 Å². The van der Waals surface area contributed by atoms with Gasteiger partial charge in [-0.05, 0) is 17.7 Å². The van der Waals surface area contributed by atoms with Crippen molar-refractivity contribution in [2.45, 2.75) is 0 Å². The molecular formula is C20H18N4OS. The van der Waals surface area contributed by atoms with E-state index >= 15 is 0 Å². The van der Waals surface area contributed by atoms with Gasteiger partial charge in [0.05, 0.1) is 12.0 Å². The van der Waals surface area contributed by atoms with Crippen molar-refractivity contribution >= 4 is 27.4 Å². The van der Waals surface area contributed by atoms with Crippen molar-refractivity contribution < 1.29 is 4.74 Å². The number of hydrogen-bond donors (Lipinski definition) is 1. The van der Waals surface area contributed by atoms with Crippen molar-refractivity contribution in [3.05, 3.63) is 60.2 Å². The molecular weight excluding hydrogens is 344 g/mol. The lowest BCUT2D eigenvalue weighted by atomic mass is 10.1. The van der Waals surface area contributed by atoms with Crippen LogP contribution in [0.1, 0.15) is 0 Å². The minimum atomic E-state index is 0.610. The van der Waals surface area contributed by atoms with Crippen LogP contribution in [0, 0.1) is 0 Å². The van der Waals surface area contributed by atoms with Crippen LogP contribution in [-0.4, -0.2) is 35.2 Å². The largest absolute Gasteiger partial charge is 0.383 e. The Kier molecular flexibility index (Phi) is 4.86. The quantitative estimate of drug-likeness (QED) is 0.513. The topological polar surface area (TPSA) is 59.9 Å². The molecule has 0 spiro atoms. The molecule has 0 aliphatic heterocycles. The Hall–Kier alpha value is -2.83. The van der Waals surface area contributed by atoms with Crippen LogP contribution in [0.5, 0.6) is 0 Å². The Bertz CT molecular complexity index is 1000. The van der Waals surface area contributed by atoms with Gasteiger partial charge in [-0.15, -0.1) is 11.3 Å². The molecule has 0 amide bonds. The van der Waals surface area contributed by atoms with Gasteiger partial charge in [0.15, 0.2) is 5.82 Å². The smallest absolute Gasteiger partial charge is 0.164 e. The molecule has 4 aromatic rings. The number of nitrogens with one attached hydrogen (secondary N) is 1.